The van der Waals surface area contributed by atoms with Gasteiger partial charge in [-0.1, -0.05) is 30.3 Å². The number of piperidine rings is 1. The SMILES string of the molecule is COc1ccc(CN2CC(=O)N3CC[C@@H](CC(=O)N4CCN(C)CC4)[C@@H](CCCOc4ccccc4C2)C3)cc1. The summed E-state index contributed by atoms with van der Waals surface area (Å²) in [6.45, 7) is 7.22. The van der Waals surface area contributed by atoms with E-state index < -0.39 is 0 Å². The van der Waals surface area contributed by atoms with Crippen LogP contribution in [-0.2, 0) is 22.7 Å². The monoisotopic (exact) mass is 548 g/mol. The Labute approximate surface area is 238 Å². The third kappa shape index (κ3) is 7.34. The Morgan fingerprint density at radius 1 is 0.975 bits per heavy atom. The van der Waals surface area contributed by atoms with E-state index in [1.807, 2.05) is 40.1 Å². The highest BCUT2D eigenvalue weighted by Crippen LogP contribution is 2.32. The number of nitrogens with zero attached hydrogens (tertiary/aromatic N) is 4. The van der Waals surface area contributed by atoms with E-state index >= 15 is 0 Å². The number of rotatable bonds is 5. The van der Waals surface area contributed by atoms with Crippen LogP contribution in [0.25, 0.3) is 0 Å². The molecule has 0 unspecified atom stereocenters. The zero-order valence-electron chi connectivity index (χ0n) is 24.1. The molecule has 0 N–H and O–H groups in total. The van der Waals surface area contributed by atoms with Crippen LogP contribution in [-0.4, -0.2) is 98.0 Å². The van der Waals surface area contributed by atoms with Crippen molar-refractivity contribution in [2.24, 2.45) is 11.8 Å². The van der Waals surface area contributed by atoms with Crippen LogP contribution in [0.5, 0.6) is 11.5 Å². The van der Waals surface area contributed by atoms with Crippen molar-refractivity contribution in [2.45, 2.75) is 38.8 Å². The average Bonchev–Trinajstić information content (AvgIpc) is 2.97. The first-order valence-corrected chi connectivity index (χ1v) is 14.8. The molecule has 2 aromatic rings. The Morgan fingerprint density at radius 2 is 1.75 bits per heavy atom. The molecule has 0 aliphatic carbocycles. The van der Waals surface area contributed by atoms with Crippen LogP contribution in [0.1, 0.15) is 36.8 Å². The van der Waals surface area contributed by atoms with Gasteiger partial charge in [0.1, 0.15) is 11.5 Å². The predicted octanol–water partition coefficient (Wildman–Crippen LogP) is 3.50. The van der Waals surface area contributed by atoms with Gasteiger partial charge in [0.25, 0.3) is 0 Å². The maximum absolute atomic E-state index is 13.7. The van der Waals surface area contributed by atoms with Crippen molar-refractivity contribution in [3.8, 4) is 11.5 Å². The third-order valence-electron chi connectivity index (χ3n) is 8.80. The van der Waals surface area contributed by atoms with Crippen LogP contribution in [0.3, 0.4) is 0 Å². The molecule has 8 nitrogen and oxygen atoms in total. The number of benzene rings is 2. The van der Waals surface area contributed by atoms with Crippen molar-refractivity contribution in [1.82, 2.24) is 19.6 Å². The number of carbonyl (C=O) groups is 2. The molecule has 3 heterocycles. The van der Waals surface area contributed by atoms with Crippen molar-refractivity contribution >= 4 is 11.8 Å². The molecule has 216 valence electrons. The quantitative estimate of drug-likeness (QED) is 0.570. The fourth-order valence-electron chi connectivity index (χ4n) is 6.30. The summed E-state index contributed by atoms with van der Waals surface area (Å²) in [5, 5.41) is 0. The van der Waals surface area contributed by atoms with E-state index in [2.05, 4.69) is 35.0 Å². The van der Waals surface area contributed by atoms with Crippen LogP contribution >= 0.6 is 0 Å². The zero-order chi connectivity index (χ0) is 27.9. The lowest BCUT2D eigenvalue weighted by Crippen LogP contribution is -2.50. The molecule has 2 fully saturated rings. The maximum Gasteiger partial charge on any atom is 0.236 e. The van der Waals surface area contributed by atoms with Gasteiger partial charge in [-0.3, -0.25) is 14.5 Å². The molecule has 2 atom stereocenters. The van der Waals surface area contributed by atoms with E-state index in [1.165, 1.54) is 0 Å². The van der Waals surface area contributed by atoms with Gasteiger partial charge in [0.15, 0.2) is 0 Å². The Morgan fingerprint density at radius 3 is 2.52 bits per heavy atom. The number of likely N-dealkylation sites (N-methyl/N-ethyl adjacent to an activating group) is 1. The fourth-order valence-corrected chi connectivity index (χ4v) is 6.30. The van der Waals surface area contributed by atoms with Gasteiger partial charge in [-0.15, -0.1) is 0 Å². The molecule has 5 rings (SSSR count). The van der Waals surface area contributed by atoms with Gasteiger partial charge >= 0.3 is 0 Å². The molecule has 2 saturated heterocycles. The highest BCUT2D eigenvalue weighted by atomic mass is 16.5. The fraction of sp³-hybridized carbons (Fsp3) is 0.562. The summed E-state index contributed by atoms with van der Waals surface area (Å²) >= 11 is 0. The highest BCUT2D eigenvalue weighted by molar-refractivity contribution is 5.79. The molecule has 3 aliphatic heterocycles. The van der Waals surface area contributed by atoms with Gasteiger partial charge in [0.05, 0.1) is 20.3 Å². The topological polar surface area (TPSA) is 65.6 Å². The second-order valence-electron chi connectivity index (χ2n) is 11.6. The van der Waals surface area contributed by atoms with E-state index in [9.17, 15) is 9.59 Å². The number of amides is 2. The van der Waals surface area contributed by atoms with Crippen molar-refractivity contribution in [1.29, 1.82) is 0 Å². The molecule has 2 aromatic carbocycles. The first-order chi connectivity index (χ1) is 19.5. The standard InChI is InChI=1S/C32H44N4O4/c1-33-15-17-35(18-16-33)31(37)20-26-13-14-36-23-27(26)7-5-19-40-30-8-4-3-6-28(30)22-34(24-32(36)38)21-25-9-11-29(39-2)12-10-25/h3-4,6,8-12,26-27H,5,7,13-24H2,1-2H3/t26-,27-/m0/s1. The van der Waals surface area contributed by atoms with Crippen LogP contribution in [0.15, 0.2) is 48.5 Å². The van der Waals surface area contributed by atoms with E-state index in [0.717, 1.165) is 81.2 Å². The molecule has 0 saturated carbocycles. The number of carbonyl (C=O) groups excluding carboxylic acids is 2. The first kappa shape index (κ1) is 28.4. The molecular weight excluding hydrogens is 504 g/mol. The maximum atomic E-state index is 13.7. The Bertz CT molecular complexity index is 1130. The number of para-hydroxylation sites is 1. The lowest BCUT2D eigenvalue weighted by Gasteiger charge is -2.40. The van der Waals surface area contributed by atoms with Crippen molar-refractivity contribution in [2.75, 3.05) is 66.6 Å². The highest BCUT2D eigenvalue weighted by Gasteiger charge is 2.34. The van der Waals surface area contributed by atoms with Crippen LogP contribution < -0.4 is 9.47 Å². The van der Waals surface area contributed by atoms with Gasteiger partial charge in [-0.25, -0.2) is 0 Å². The normalized spacial score (nSPS) is 23.3. The van der Waals surface area contributed by atoms with Gasteiger partial charge < -0.3 is 24.2 Å². The number of hydrogen-bond acceptors (Lipinski definition) is 6. The first-order valence-electron chi connectivity index (χ1n) is 14.8. The Hall–Kier alpha value is -3.10. The van der Waals surface area contributed by atoms with E-state index in [0.29, 0.717) is 44.5 Å². The molecule has 40 heavy (non-hydrogen) atoms. The minimum absolute atomic E-state index is 0.167. The molecule has 2 bridgehead atoms. The second kappa shape index (κ2) is 13.5. The lowest BCUT2D eigenvalue weighted by atomic mass is 9.80. The van der Waals surface area contributed by atoms with Gasteiger partial charge in [-0.2, -0.15) is 0 Å². The summed E-state index contributed by atoms with van der Waals surface area (Å²) in [5.74, 6) is 2.77. The minimum Gasteiger partial charge on any atom is -0.497 e. The summed E-state index contributed by atoms with van der Waals surface area (Å²) in [4.78, 5) is 35.5. The molecule has 0 spiro atoms. The largest absolute Gasteiger partial charge is 0.497 e. The summed E-state index contributed by atoms with van der Waals surface area (Å²) in [5.41, 5.74) is 2.23. The van der Waals surface area contributed by atoms with Gasteiger partial charge in [0.2, 0.25) is 11.8 Å². The zero-order valence-corrected chi connectivity index (χ0v) is 24.1. The van der Waals surface area contributed by atoms with E-state index in [-0.39, 0.29) is 11.8 Å². The van der Waals surface area contributed by atoms with Gasteiger partial charge in [0, 0.05) is 64.3 Å². The lowest BCUT2D eigenvalue weighted by molar-refractivity contribution is -0.137. The Balaban J connectivity index is 1.31. The Kier molecular flexibility index (Phi) is 9.60. The molecular formula is C32H44N4O4. The average molecular weight is 549 g/mol. The minimum atomic E-state index is 0.167. The number of fused-ring (bicyclic) bond motifs is 3. The third-order valence-corrected chi connectivity index (χ3v) is 8.80. The van der Waals surface area contributed by atoms with Crippen molar-refractivity contribution in [3.63, 3.8) is 0 Å². The molecule has 3 aliphatic rings. The summed E-state index contributed by atoms with van der Waals surface area (Å²) < 4.78 is 11.6. The van der Waals surface area contributed by atoms with Crippen LogP contribution in [0, 0.1) is 11.8 Å². The van der Waals surface area contributed by atoms with E-state index in [1.54, 1.807) is 7.11 Å². The van der Waals surface area contributed by atoms with Crippen LogP contribution in [0.4, 0.5) is 0 Å². The molecule has 0 aromatic heterocycles. The number of methoxy groups -OCH3 is 1. The molecule has 8 heteroatoms. The number of hydrogen-bond donors (Lipinski definition) is 0. The van der Waals surface area contributed by atoms with Gasteiger partial charge in [-0.05, 0) is 61.9 Å². The summed E-state index contributed by atoms with van der Waals surface area (Å²) in [6.07, 6.45) is 3.34. The smallest absolute Gasteiger partial charge is 0.236 e. The molecule has 2 amide bonds. The van der Waals surface area contributed by atoms with Crippen molar-refractivity contribution in [3.05, 3.63) is 59.7 Å². The summed E-state index contributed by atoms with van der Waals surface area (Å²) in [7, 11) is 3.78. The molecule has 0 radical (unpaired) electrons. The van der Waals surface area contributed by atoms with E-state index in [4.69, 9.17) is 9.47 Å². The summed E-state index contributed by atoms with van der Waals surface area (Å²) in [6, 6.07) is 16.2. The number of piperazine rings is 1. The number of ether oxygens (including phenoxy) is 2. The predicted molar refractivity (Wildman–Crippen MR) is 155 cm³/mol. The van der Waals surface area contributed by atoms with Crippen molar-refractivity contribution < 1.29 is 19.1 Å². The second-order valence-corrected chi connectivity index (χ2v) is 11.6. The van der Waals surface area contributed by atoms with Crippen LogP contribution in [0.2, 0.25) is 0 Å².